The van der Waals surface area contributed by atoms with Crippen LogP contribution in [0.1, 0.15) is 39.5 Å². The highest BCUT2D eigenvalue weighted by molar-refractivity contribution is 7.99. The molecule has 0 saturated carbocycles. The number of thioether (sulfide) groups is 1. The maximum atomic E-state index is 11.9. The van der Waals surface area contributed by atoms with E-state index in [1.165, 1.54) is 17.9 Å². The number of hydrogen-bond acceptors (Lipinski definition) is 4. The standard InChI is InChI=1S/C13H28N2O2S2/c1-3-12-19(16,17)15-9-6-13(7-10-15)14-8-5-11-18-4-2/h13-14H,3-12H2,1-2H3. The van der Waals surface area contributed by atoms with Gasteiger partial charge in [0.05, 0.1) is 5.75 Å². The second kappa shape index (κ2) is 9.21. The van der Waals surface area contributed by atoms with Crippen LogP contribution in [0.4, 0.5) is 0 Å². The molecule has 0 bridgehead atoms. The van der Waals surface area contributed by atoms with Gasteiger partial charge in [-0.3, -0.25) is 0 Å². The molecule has 1 heterocycles. The highest BCUT2D eigenvalue weighted by atomic mass is 32.2. The molecule has 1 fully saturated rings. The van der Waals surface area contributed by atoms with Gasteiger partial charge < -0.3 is 5.32 Å². The fourth-order valence-corrected chi connectivity index (χ4v) is 4.53. The summed E-state index contributed by atoms with van der Waals surface area (Å²) in [6.07, 6.45) is 3.80. The Labute approximate surface area is 122 Å². The van der Waals surface area contributed by atoms with Gasteiger partial charge in [0.15, 0.2) is 0 Å². The molecule has 19 heavy (non-hydrogen) atoms. The fourth-order valence-electron chi connectivity index (χ4n) is 2.35. The molecule has 1 saturated heterocycles. The quantitative estimate of drug-likeness (QED) is 0.661. The molecular formula is C13H28N2O2S2. The van der Waals surface area contributed by atoms with E-state index in [-0.39, 0.29) is 0 Å². The van der Waals surface area contributed by atoms with E-state index < -0.39 is 10.0 Å². The van der Waals surface area contributed by atoms with Crippen molar-refractivity contribution in [1.29, 1.82) is 0 Å². The molecule has 0 amide bonds. The van der Waals surface area contributed by atoms with E-state index in [0.717, 1.165) is 19.4 Å². The normalized spacial score (nSPS) is 18.8. The molecule has 114 valence electrons. The minimum absolute atomic E-state index is 0.291. The van der Waals surface area contributed by atoms with Crippen molar-refractivity contribution >= 4 is 21.8 Å². The summed E-state index contributed by atoms with van der Waals surface area (Å²) in [5, 5.41) is 3.55. The van der Waals surface area contributed by atoms with Crippen LogP contribution in [0.25, 0.3) is 0 Å². The van der Waals surface area contributed by atoms with Crippen LogP contribution < -0.4 is 5.32 Å². The van der Waals surface area contributed by atoms with Gasteiger partial charge in [-0.25, -0.2) is 12.7 Å². The van der Waals surface area contributed by atoms with Crippen molar-refractivity contribution in [3.63, 3.8) is 0 Å². The van der Waals surface area contributed by atoms with Gasteiger partial charge in [0, 0.05) is 19.1 Å². The molecule has 1 rings (SSSR count). The van der Waals surface area contributed by atoms with Crippen LogP contribution >= 0.6 is 11.8 Å². The highest BCUT2D eigenvalue weighted by Crippen LogP contribution is 2.15. The zero-order valence-corrected chi connectivity index (χ0v) is 13.9. The summed E-state index contributed by atoms with van der Waals surface area (Å²) in [5.74, 6) is 2.69. The largest absolute Gasteiger partial charge is 0.314 e. The lowest BCUT2D eigenvalue weighted by atomic mass is 10.1. The van der Waals surface area contributed by atoms with Crippen LogP contribution in [0.15, 0.2) is 0 Å². The first kappa shape index (κ1) is 17.3. The molecular weight excluding hydrogens is 280 g/mol. The lowest BCUT2D eigenvalue weighted by Gasteiger charge is -2.31. The molecule has 0 spiro atoms. The molecule has 1 aliphatic rings. The number of nitrogens with zero attached hydrogens (tertiary/aromatic N) is 1. The van der Waals surface area contributed by atoms with Gasteiger partial charge in [0.1, 0.15) is 0 Å². The van der Waals surface area contributed by atoms with Gasteiger partial charge in [0.2, 0.25) is 10.0 Å². The second-order valence-electron chi connectivity index (χ2n) is 4.99. The zero-order chi connectivity index (χ0) is 14.1. The summed E-state index contributed by atoms with van der Waals surface area (Å²) in [6.45, 7) is 6.53. The van der Waals surface area contributed by atoms with Crippen LogP contribution in [0, 0.1) is 0 Å². The summed E-state index contributed by atoms with van der Waals surface area (Å²) in [7, 11) is -2.99. The molecule has 0 unspecified atom stereocenters. The first-order valence-electron chi connectivity index (χ1n) is 7.39. The Balaban J connectivity index is 2.18. The molecule has 0 aliphatic carbocycles. The lowest BCUT2D eigenvalue weighted by Crippen LogP contribution is -2.45. The third-order valence-electron chi connectivity index (χ3n) is 3.41. The van der Waals surface area contributed by atoms with Crippen molar-refractivity contribution in [2.45, 2.75) is 45.6 Å². The van der Waals surface area contributed by atoms with Crippen molar-refractivity contribution in [2.24, 2.45) is 0 Å². The van der Waals surface area contributed by atoms with E-state index >= 15 is 0 Å². The van der Waals surface area contributed by atoms with E-state index in [0.29, 0.717) is 31.3 Å². The number of sulfonamides is 1. The highest BCUT2D eigenvalue weighted by Gasteiger charge is 2.26. The van der Waals surface area contributed by atoms with Crippen molar-refractivity contribution < 1.29 is 8.42 Å². The average Bonchev–Trinajstić information content (AvgIpc) is 2.39. The van der Waals surface area contributed by atoms with Crippen molar-refractivity contribution in [1.82, 2.24) is 9.62 Å². The molecule has 4 nitrogen and oxygen atoms in total. The SMILES string of the molecule is CCCS(=O)(=O)N1CCC(NCCCSCC)CC1. The van der Waals surface area contributed by atoms with Crippen LogP contribution in [0.2, 0.25) is 0 Å². The predicted molar refractivity (Wildman–Crippen MR) is 84.3 cm³/mol. The van der Waals surface area contributed by atoms with Crippen LogP contribution in [0.3, 0.4) is 0 Å². The maximum absolute atomic E-state index is 11.9. The molecule has 0 aromatic carbocycles. The smallest absolute Gasteiger partial charge is 0.214 e. The minimum Gasteiger partial charge on any atom is -0.314 e. The van der Waals surface area contributed by atoms with Crippen LogP contribution in [-0.2, 0) is 10.0 Å². The van der Waals surface area contributed by atoms with Gasteiger partial charge in [-0.1, -0.05) is 13.8 Å². The zero-order valence-electron chi connectivity index (χ0n) is 12.2. The molecule has 0 aromatic heterocycles. The molecule has 1 aliphatic heterocycles. The number of piperidine rings is 1. The van der Waals surface area contributed by atoms with E-state index in [9.17, 15) is 8.42 Å². The number of nitrogens with one attached hydrogen (secondary N) is 1. The topological polar surface area (TPSA) is 49.4 Å². The Morgan fingerprint density at radius 2 is 1.95 bits per heavy atom. The molecule has 6 heteroatoms. The summed E-state index contributed by atoms with van der Waals surface area (Å²) in [4.78, 5) is 0. The van der Waals surface area contributed by atoms with Crippen molar-refractivity contribution in [2.75, 3.05) is 36.9 Å². The number of hydrogen-bond donors (Lipinski definition) is 1. The van der Waals surface area contributed by atoms with Crippen LogP contribution in [0.5, 0.6) is 0 Å². The average molecular weight is 309 g/mol. The van der Waals surface area contributed by atoms with E-state index in [1.807, 2.05) is 18.7 Å². The third-order valence-corrected chi connectivity index (χ3v) is 6.47. The summed E-state index contributed by atoms with van der Waals surface area (Å²) in [6, 6.07) is 0.500. The van der Waals surface area contributed by atoms with Crippen molar-refractivity contribution in [3.8, 4) is 0 Å². The number of rotatable bonds is 9. The Morgan fingerprint density at radius 1 is 1.26 bits per heavy atom. The second-order valence-corrected chi connectivity index (χ2v) is 8.48. The molecule has 0 radical (unpaired) electrons. The molecule has 1 N–H and O–H groups in total. The Bertz CT molecular complexity index is 326. The van der Waals surface area contributed by atoms with E-state index in [4.69, 9.17) is 0 Å². The Morgan fingerprint density at radius 3 is 2.53 bits per heavy atom. The molecule has 0 atom stereocenters. The minimum atomic E-state index is -2.99. The van der Waals surface area contributed by atoms with Crippen molar-refractivity contribution in [3.05, 3.63) is 0 Å². The van der Waals surface area contributed by atoms with Gasteiger partial charge in [0.25, 0.3) is 0 Å². The lowest BCUT2D eigenvalue weighted by molar-refractivity contribution is 0.290. The summed E-state index contributed by atoms with van der Waals surface area (Å²) >= 11 is 1.98. The summed E-state index contributed by atoms with van der Waals surface area (Å²) < 4.78 is 25.5. The van der Waals surface area contributed by atoms with Gasteiger partial charge >= 0.3 is 0 Å². The maximum Gasteiger partial charge on any atom is 0.214 e. The Hall–Kier alpha value is 0.220. The van der Waals surface area contributed by atoms with Crippen LogP contribution in [-0.4, -0.2) is 55.7 Å². The third kappa shape index (κ3) is 6.47. The fraction of sp³-hybridized carbons (Fsp3) is 1.00. The monoisotopic (exact) mass is 308 g/mol. The molecule has 0 aromatic rings. The summed E-state index contributed by atoms with van der Waals surface area (Å²) in [5.41, 5.74) is 0. The first-order chi connectivity index (χ1) is 9.10. The Kier molecular flexibility index (Phi) is 8.37. The van der Waals surface area contributed by atoms with Gasteiger partial charge in [-0.2, -0.15) is 11.8 Å². The van der Waals surface area contributed by atoms with E-state index in [2.05, 4.69) is 12.2 Å². The van der Waals surface area contributed by atoms with Gasteiger partial charge in [-0.15, -0.1) is 0 Å². The van der Waals surface area contributed by atoms with Gasteiger partial charge in [-0.05, 0) is 43.7 Å². The first-order valence-corrected chi connectivity index (χ1v) is 10.2. The van der Waals surface area contributed by atoms with E-state index in [1.54, 1.807) is 4.31 Å². The predicted octanol–water partition coefficient (Wildman–Crippen LogP) is 1.92.